The van der Waals surface area contributed by atoms with Crippen LogP contribution in [-0.2, 0) is 6.54 Å². The number of nitrogens with one attached hydrogen (secondary N) is 2. The van der Waals surface area contributed by atoms with Gasteiger partial charge in [0.2, 0.25) is 0 Å². The molecule has 0 aliphatic carbocycles. The van der Waals surface area contributed by atoms with E-state index in [0.29, 0.717) is 6.54 Å². The second-order valence-corrected chi connectivity index (χ2v) is 5.02. The number of nitrogens with zero attached hydrogens (tertiary/aromatic N) is 2. The second kappa shape index (κ2) is 5.62. The van der Waals surface area contributed by atoms with Gasteiger partial charge in [-0.3, -0.25) is 5.10 Å². The summed E-state index contributed by atoms with van der Waals surface area (Å²) in [6.45, 7) is 2.69. The van der Waals surface area contributed by atoms with Crippen molar-refractivity contribution < 1.29 is 0 Å². The maximum absolute atomic E-state index is 6.18. The zero-order valence-electron chi connectivity index (χ0n) is 9.24. The SMILES string of the molecule is CC(NCc1ncn[nH]1)c1ccc(Br)cc1Cl. The number of hydrogen-bond acceptors (Lipinski definition) is 3. The standard InChI is InChI=1S/C11H12BrClN4/c1-7(14-5-11-15-6-16-17-11)9-3-2-8(12)4-10(9)13/h2-4,6-7,14H,5H2,1H3,(H,15,16,17). The Balaban J connectivity index is 2.01. The highest BCUT2D eigenvalue weighted by Gasteiger charge is 2.09. The average molecular weight is 316 g/mol. The van der Waals surface area contributed by atoms with Crippen LogP contribution in [0.4, 0.5) is 0 Å². The van der Waals surface area contributed by atoms with Gasteiger partial charge in [0, 0.05) is 15.5 Å². The Morgan fingerprint density at radius 2 is 2.35 bits per heavy atom. The third-order valence-corrected chi connectivity index (χ3v) is 3.29. The van der Waals surface area contributed by atoms with Crippen LogP contribution in [0.3, 0.4) is 0 Å². The first-order valence-electron chi connectivity index (χ1n) is 5.19. The van der Waals surface area contributed by atoms with Crippen molar-refractivity contribution in [2.45, 2.75) is 19.5 Å². The van der Waals surface area contributed by atoms with Crippen LogP contribution in [0.1, 0.15) is 24.4 Å². The zero-order chi connectivity index (χ0) is 12.3. The molecule has 2 N–H and O–H groups in total. The van der Waals surface area contributed by atoms with Gasteiger partial charge in [-0.1, -0.05) is 33.6 Å². The molecule has 1 unspecified atom stereocenters. The van der Waals surface area contributed by atoms with Crippen LogP contribution in [0.2, 0.25) is 5.02 Å². The molecule has 1 aromatic carbocycles. The first-order chi connectivity index (χ1) is 8.16. The van der Waals surface area contributed by atoms with Crippen LogP contribution >= 0.6 is 27.5 Å². The van der Waals surface area contributed by atoms with E-state index in [1.807, 2.05) is 18.2 Å². The Kier molecular flexibility index (Phi) is 4.15. The van der Waals surface area contributed by atoms with Gasteiger partial charge in [0.15, 0.2) is 0 Å². The van der Waals surface area contributed by atoms with E-state index in [9.17, 15) is 0 Å². The monoisotopic (exact) mass is 314 g/mol. The highest BCUT2D eigenvalue weighted by atomic mass is 79.9. The zero-order valence-corrected chi connectivity index (χ0v) is 11.6. The largest absolute Gasteiger partial charge is 0.303 e. The molecule has 17 heavy (non-hydrogen) atoms. The summed E-state index contributed by atoms with van der Waals surface area (Å²) in [5, 5.41) is 10.7. The Hall–Kier alpha value is -0.910. The smallest absolute Gasteiger partial charge is 0.138 e. The number of H-pyrrole nitrogens is 1. The minimum absolute atomic E-state index is 0.153. The van der Waals surface area contributed by atoms with Crippen LogP contribution in [-0.4, -0.2) is 15.2 Å². The lowest BCUT2D eigenvalue weighted by molar-refractivity contribution is 0.560. The molecule has 1 atom stereocenters. The highest BCUT2D eigenvalue weighted by Crippen LogP contribution is 2.26. The van der Waals surface area contributed by atoms with Crippen molar-refractivity contribution in [3.8, 4) is 0 Å². The van der Waals surface area contributed by atoms with E-state index >= 15 is 0 Å². The Morgan fingerprint density at radius 3 is 3.00 bits per heavy atom. The molecule has 4 nitrogen and oxygen atoms in total. The lowest BCUT2D eigenvalue weighted by Crippen LogP contribution is -2.19. The number of rotatable bonds is 4. The molecule has 6 heteroatoms. The minimum atomic E-state index is 0.153. The van der Waals surface area contributed by atoms with Crippen LogP contribution in [0.25, 0.3) is 0 Å². The van der Waals surface area contributed by atoms with Crippen LogP contribution in [0, 0.1) is 0 Å². The van der Waals surface area contributed by atoms with Crippen molar-refractivity contribution in [2.24, 2.45) is 0 Å². The van der Waals surface area contributed by atoms with Gasteiger partial charge in [-0.05, 0) is 24.6 Å². The number of aromatic amines is 1. The number of aromatic nitrogens is 3. The van der Waals surface area contributed by atoms with Gasteiger partial charge in [0.25, 0.3) is 0 Å². The van der Waals surface area contributed by atoms with Crippen molar-refractivity contribution in [3.05, 3.63) is 45.4 Å². The summed E-state index contributed by atoms with van der Waals surface area (Å²) in [4.78, 5) is 4.05. The summed E-state index contributed by atoms with van der Waals surface area (Å²) in [7, 11) is 0. The number of benzene rings is 1. The first kappa shape index (κ1) is 12.5. The van der Waals surface area contributed by atoms with Gasteiger partial charge >= 0.3 is 0 Å². The topological polar surface area (TPSA) is 53.6 Å². The maximum atomic E-state index is 6.18. The second-order valence-electron chi connectivity index (χ2n) is 3.70. The van der Waals surface area contributed by atoms with Crippen molar-refractivity contribution in [3.63, 3.8) is 0 Å². The van der Waals surface area contributed by atoms with E-state index in [4.69, 9.17) is 11.6 Å². The maximum Gasteiger partial charge on any atom is 0.138 e. The molecule has 0 bridgehead atoms. The molecule has 0 amide bonds. The first-order valence-corrected chi connectivity index (χ1v) is 6.36. The molecule has 90 valence electrons. The highest BCUT2D eigenvalue weighted by molar-refractivity contribution is 9.10. The fourth-order valence-corrected chi connectivity index (χ4v) is 2.37. The summed E-state index contributed by atoms with van der Waals surface area (Å²) in [6.07, 6.45) is 1.49. The molecule has 1 heterocycles. The number of halogens is 2. The van der Waals surface area contributed by atoms with Gasteiger partial charge in [0.05, 0.1) is 6.54 Å². The normalized spacial score (nSPS) is 12.6. The quantitative estimate of drug-likeness (QED) is 0.911. The summed E-state index contributed by atoms with van der Waals surface area (Å²) < 4.78 is 0.980. The van der Waals surface area contributed by atoms with Crippen molar-refractivity contribution in [2.75, 3.05) is 0 Å². The molecule has 2 rings (SSSR count). The Bertz CT molecular complexity index is 486. The fourth-order valence-electron chi connectivity index (χ4n) is 1.53. The number of hydrogen-bond donors (Lipinski definition) is 2. The average Bonchev–Trinajstić information content (AvgIpc) is 2.78. The van der Waals surface area contributed by atoms with E-state index in [2.05, 4.69) is 43.4 Å². The molecule has 0 saturated carbocycles. The van der Waals surface area contributed by atoms with Gasteiger partial charge in [-0.25, -0.2) is 4.98 Å². The molecule has 0 aliphatic rings. The lowest BCUT2D eigenvalue weighted by atomic mass is 10.1. The van der Waals surface area contributed by atoms with Crippen molar-refractivity contribution in [1.82, 2.24) is 20.5 Å². The molecule has 0 radical (unpaired) electrons. The van der Waals surface area contributed by atoms with Gasteiger partial charge in [-0.15, -0.1) is 0 Å². The predicted octanol–water partition coefficient (Wildman–Crippen LogP) is 3.07. The van der Waals surface area contributed by atoms with Crippen LogP contribution < -0.4 is 5.32 Å². The van der Waals surface area contributed by atoms with E-state index in [-0.39, 0.29) is 6.04 Å². The van der Waals surface area contributed by atoms with E-state index in [1.54, 1.807) is 0 Å². The summed E-state index contributed by atoms with van der Waals surface area (Å²) in [5.41, 5.74) is 1.06. The lowest BCUT2D eigenvalue weighted by Gasteiger charge is -2.15. The van der Waals surface area contributed by atoms with Crippen LogP contribution in [0.5, 0.6) is 0 Å². The van der Waals surface area contributed by atoms with Gasteiger partial charge in [-0.2, -0.15) is 5.10 Å². The molecular formula is C11H12BrClN4. The summed E-state index contributed by atoms with van der Waals surface area (Å²) >= 11 is 9.57. The van der Waals surface area contributed by atoms with Gasteiger partial charge < -0.3 is 5.32 Å². The fraction of sp³-hybridized carbons (Fsp3) is 0.273. The van der Waals surface area contributed by atoms with Crippen LogP contribution in [0.15, 0.2) is 29.0 Å². The summed E-state index contributed by atoms with van der Waals surface area (Å²) in [6, 6.07) is 6.03. The van der Waals surface area contributed by atoms with Crippen molar-refractivity contribution >= 4 is 27.5 Å². The molecule has 0 fully saturated rings. The Morgan fingerprint density at radius 1 is 1.53 bits per heavy atom. The van der Waals surface area contributed by atoms with E-state index in [0.717, 1.165) is 20.9 Å². The van der Waals surface area contributed by atoms with Gasteiger partial charge in [0.1, 0.15) is 12.2 Å². The summed E-state index contributed by atoms with van der Waals surface area (Å²) in [5.74, 6) is 0.810. The Labute approximate surface area is 113 Å². The molecule has 0 aliphatic heterocycles. The minimum Gasteiger partial charge on any atom is -0.303 e. The third-order valence-electron chi connectivity index (χ3n) is 2.47. The molecular weight excluding hydrogens is 304 g/mol. The molecule has 0 saturated heterocycles. The molecule has 0 spiro atoms. The van der Waals surface area contributed by atoms with E-state index in [1.165, 1.54) is 6.33 Å². The predicted molar refractivity (Wildman–Crippen MR) is 70.8 cm³/mol. The molecule has 1 aromatic heterocycles. The van der Waals surface area contributed by atoms with Crippen molar-refractivity contribution in [1.29, 1.82) is 0 Å². The third kappa shape index (κ3) is 3.28. The van der Waals surface area contributed by atoms with E-state index < -0.39 is 0 Å². The molecule has 2 aromatic rings.